The van der Waals surface area contributed by atoms with Crippen LogP contribution in [0.15, 0.2) is 24.3 Å². The quantitative estimate of drug-likeness (QED) is 0.907. The lowest BCUT2D eigenvalue weighted by molar-refractivity contribution is -0.145. The number of rotatable bonds is 3. The average molecular weight is 336 g/mol. The Kier molecular flexibility index (Phi) is 5.18. The van der Waals surface area contributed by atoms with Crippen LogP contribution >= 0.6 is 0 Å². The normalized spacial score (nSPS) is 27.0. The predicted molar refractivity (Wildman–Crippen MR) is 88.1 cm³/mol. The fraction of sp³-hybridized carbons (Fsp3) is 0.611. The SMILES string of the molecule is CO[C@@H]1CN(C(=O)C2(c3ccc(F)cc3)CCOCC2)CC[C@@H]1N. The van der Waals surface area contributed by atoms with Crippen molar-refractivity contribution in [2.75, 3.05) is 33.4 Å². The maximum Gasteiger partial charge on any atom is 0.233 e. The van der Waals surface area contributed by atoms with Gasteiger partial charge in [-0.1, -0.05) is 12.1 Å². The van der Waals surface area contributed by atoms with Crippen molar-refractivity contribution in [3.05, 3.63) is 35.6 Å². The Labute approximate surface area is 141 Å². The summed E-state index contributed by atoms with van der Waals surface area (Å²) in [4.78, 5) is 15.3. The minimum absolute atomic E-state index is 0.0458. The van der Waals surface area contributed by atoms with Crippen LogP contribution in [0.5, 0.6) is 0 Å². The number of ether oxygens (including phenoxy) is 2. The van der Waals surface area contributed by atoms with E-state index in [1.807, 2.05) is 4.90 Å². The van der Waals surface area contributed by atoms with Crippen LogP contribution in [0.2, 0.25) is 0 Å². The van der Waals surface area contributed by atoms with Crippen molar-refractivity contribution < 1.29 is 18.7 Å². The summed E-state index contributed by atoms with van der Waals surface area (Å²) < 4.78 is 24.2. The first-order chi connectivity index (χ1) is 11.6. The van der Waals surface area contributed by atoms with Gasteiger partial charge in [0.25, 0.3) is 0 Å². The average Bonchev–Trinajstić information content (AvgIpc) is 2.62. The van der Waals surface area contributed by atoms with Gasteiger partial charge < -0.3 is 20.1 Å². The third-order valence-electron chi connectivity index (χ3n) is 5.35. The summed E-state index contributed by atoms with van der Waals surface area (Å²) in [7, 11) is 1.63. The molecule has 2 heterocycles. The highest BCUT2D eigenvalue weighted by Crippen LogP contribution is 2.37. The molecule has 2 atom stereocenters. The largest absolute Gasteiger partial charge is 0.381 e. The number of nitrogens with zero attached hydrogens (tertiary/aromatic N) is 1. The molecule has 0 bridgehead atoms. The van der Waals surface area contributed by atoms with E-state index in [1.165, 1.54) is 12.1 Å². The molecule has 5 nitrogen and oxygen atoms in total. The number of carbonyl (C=O) groups is 1. The van der Waals surface area contributed by atoms with Gasteiger partial charge in [0.15, 0.2) is 0 Å². The molecule has 2 saturated heterocycles. The first kappa shape index (κ1) is 17.3. The molecule has 0 saturated carbocycles. The zero-order valence-electron chi connectivity index (χ0n) is 14.0. The minimum atomic E-state index is -0.647. The molecular weight excluding hydrogens is 311 g/mol. The fourth-order valence-corrected chi connectivity index (χ4v) is 3.79. The third kappa shape index (κ3) is 3.18. The summed E-state index contributed by atoms with van der Waals surface area (Å²) >= 11 is 0. The van der Waals surface area contributed by atoms with Crippen molar-refractivity contribution in [2.24, 2.45) is 5.73 Å². The van der Waals surface area contributed by atoms with E-state index in [1.54, 1.807) is 19.2 Å². The molecule has 24 heavy (non-hydrogen) atoms. The van der Waals surface area contributed by atoms with Crippen molar-refractivity contribution >= 4 is 5.91 Å². The Balaban J connectivity index is 1.88. The van der Waals surface area contributed by atoms with Crippen molar-refractivity contribution in [3.8, 4) is 0 Å². The van der Waals surface area contributed by atoms with Gasteiger partial charge >= 0.3 is 0 Å². The molecule has 2 aliphatic rings. The van der Waals surface area contributed by atoms with Crippen molar-refractivity contribution in [3.63, 3.8) is 0 Å². The zero-order valence-corrected chi connectivity index (χ0v) is 14.0. The summed E-state index contributed by atoms with van der Waals surface area (Å²) in [5.74, 6) is -0.219. The maximum atomic E-state index is 13.4. The first-order valence-corrected chi connectivity index (χ1v) is 8.48. The molecule has 0 radical (unpaired) electrons. The highest BCUT2D eigenvalue weighted by Gasteiger charge is 2.45. The lowest BCUT2D eigenvalue weighted by atomic mass is 9.72. The molecule has 132 valence electrons. The van der Waals surface area contributed by atoms with Gasteiger partial charge in [-0.05, 0) is 37.0 Å². The summed E-state index contributed by atoms with van der Waals surface area (Å²) in [5.41, 5.74) is 6.28. The number of methoxy groups -OCH3 is 1. The van der Waals surface area contributed by atoms with E-state index in [0.717, 1.165) is 12.0 Å². The number of piperidine rings is 1. The maximum absolute atomic E-state index is 13.4. The van der Waals surface area contributed by atoms with Gasteiger partial charge in [-0.2, -0.15) is 0 Å². The minimum Gasteiger partial charge on any atom is -0.381 e. The molecule has 2 fully saturated rings. The molecular formula is C18H25FN2O3. The van der Waals surface area contributed by atoms with Crippen LogP contribution in [0.1, 0.15) is 24.8 Å². The lowest BCUT2D eigenvalue weighted by Gasteiger charge is -2.43. The summed E-state index contributed by atoms with van der Waals surface area (Å²) in [5, 5.41) is 0. The molecule has 1 aromatic carbocycles. The van der Waals surface area contributed by atoms with E-state index in [-0.39, 0.29) is 23.9 Å². The molecule has 0 spiro atoms. The third-order valence-corrected chi connectivity index (χ3v) is 5.35. The number of likely N-dealkylation sites (tertiary alicyclic amines) is 1. The topological polar surface area (TPSA) is 64.8 Å². The van der Waals surface area contributed by atoms with Gasteiger partial charge in [-0.3, -0.25) is 4.79 Å². The molecule has 0 aromatic heterocycles. The fourth-order valence-electron chi connectivity index (χ4n) is 3.79. The van der Waals surface area contributed by atoms with E-state index in [9.17, 15) is 9.18 Å². The monoisotopic (exact) mass is 336 g/mol. The van der Waals surface area contributed by atoms with Crippen molar-refractivity contribution in [1.29, 1.82) is 0 Å². The van der Waals surface area contributed by atoms with Gasteiger partial charge in [0, 0.05) is 39.5 Å². The second-order valence-electron chi connectivity index (χ2n) is 6.68. The Morgan fingerprint density at radius 3 is 2.62 bits per heavy atom. The Hall–Kier alpha value is -1.50. The summed E-state index contributed by atoms with van der Waals surface area (Å²) in [6.45, 7) is 2.19. The molecule has 2 aliphatic heterocycles. The highest BCUT2D eigenvalue weighted by atomic mass is 19.1. The molecule has 3 rings (SSSR count). The van der Waals surface area contributed by atoms with Crippen LogP contribution < -0.4 is 5.73 Å². The first-order valence-electron chi connectivity index (χ1n) is 8.48. The van der Waals surface area contributed by atoms with Crippen LogP contribution in [0.3, 0.4) is 0 Å². The lowest BCUT2D eigenvalue weighted by Crippen LogP contribution is -2.58. The number of nitrogens with two attached hydrogens (primary N) is 1. The van der Waals surface area contributed by atoms with Crippen molar-refractivity contribution in [2.45, 2.75) is 36.8 Å². The number of halogens is 1. The van der Waals surface area contributed by atoms with E-state index >= 15 is 0 Å². The summed E-state index contributed by atoms with van der Waals surface area (Å²) in [6.07, 6.45) is 1.79. The second kappa shape index (κ2) is 7.17. The van der Waals surface area contributed by atoms with Crippen LogP contribution in [0, 0.1) is 5.82 Å². The molecule has 0 unspecified atom stereocenters. The van der Waals surface area contributed by atoms with E-state index in [4.69, 9.17) is 15.2 Å². The number of amides is 1. The molecule has 1 aromatic rings. The highest BCUT2D eigenvalue weighted by molar-refractivity contribution is 5.88. The Morgan fingerprint density at radius 1 is 1.33 bits per heavy atom. The van der Waals surface area contributed by atoms with Gasteiger partial charge in [-0.15, -0.1) is 0 Å². The Morgan fingerprint density at radius 2 is 2.00 bits per heavy atom. The van der Waals surface area contributed by atoms with Gasteiger partial charge in [0.1, 0.15) is 5.82 Å². The van der Waals surface area contributed by atoms with Crippen LogP contribution in [0.4, 0.5) is 4.39 Å². The molecule has 2 N–H and O–H groups in total. The van der Waals surface area contributed by atoms with Gasteiger partial charge in [0.05, 0.1) is 11.5 Å². The second-order valence-corrected chi connectivity index (χ2v) is 6.68. The number of hydrogen-bond donors (Lipinski definition) is 1. The molecule has 0 aliphatic carbocycles. The van der Waals surface area contributed by atoms with Gasteiger partial charge in [-0.25, -0.2) is 4.39 Å². The van der Waals surface area contributed by atoms with Gasteiger partial charge in [0.2, 0.25) is 5.91 Å². The zero-order chi connectivity index (χ0) is 17.2. The molecule has 1 amide bonds. The van der Waals surface area contributed by atoms with Crippen molar-refractivity contribution in [1.82, 2.24) is 4.90 Å². The summed E-state index contributed by atoms with van der Waals surface area (Å²) in [6, 6.07) is 6.24. The predicted octanol–water partition coefficient (Wildman–Crippen LogP) is 1.45. The van der Waals surface area contributed by atoms with E-state index in [0.29, 0.717) is 39.1 Å². The molecule has 6 heteroatoms. The standard InChI is InChI=1S/C18H25FN2O3/c1-23-16-12-21(9-6-15(16)20)17(22)18(7-10-24-11-8-18)13-2-4-14(19)5-3-13/h2-5,15-16H,6-12,20H2,1H3/t15-,16+/m0/s1. The van der Waals surface area contributed by atoms with Crippen LogP contribution in [0.25, 0.3) is 0 Å². The van der Waals surface area contributed by atoms with Crippen LogP contribution in [-0.4, -0.2) is 56.4 Å². The number of hydrogen-bond acceptors (Lipinski definition) is 4. The smallest absolute Gasteiger partial charge is 0.233 e. The van der Waals surface area contributed by atoms with E-state index in [2.05, 4.69) is 0 Å². The van der Waals surface area contributed by atoms with E-state index < -0.39 is 5.41 Å². The number of carbonyl (C=O) groups excluding carboxylic acids is 1. The number of benzene rings is 1. The van der Waals surface area contributed by atoms with Crippen LogP contribution in [-0.2, 0) is 19.7 Å². The Bertz CT molecular complexity index is 572.